The molecule has 1 saturated heterocycles. The number of benzene rings is 3. The average molecular weight is 487 g/mol. The fraction of sp³-hybridized carbons (Fsp3) is 0.346. The van der Waals surface area contributed by atoms with E-state index in [1.54, 1.807) is 28.4 Å². The van der Waals surface area contributed by atoms with Gasteiger partial charge in [0.15, 0.2) is 11.5 Å². The van der Waals surface area contributed by atoms with Crippen molar-refractivity contribution in [1.82, 2.24) is 9.80 Å². The number of methoxy groups -OCH3 is 4. The quantitative estimate of drug-likeness (QED) is 0.497. The molecule has 0 aromatic heterocycles. The fourth-order valence-electron chi connectivity index (χ4n) is 4.40. The summed E-state index contributed by atoms with van der Waals surface area (Å²) in [5.41, 5.74) is 1.68. The minimum Gasteiger partial charge on any atom is -0.495 e. The number of hydrogen-bond donors (Lipinski definition) is 0. The second-order valence-corrected chi connectivity index (χ2v) is 7.97. The Morgan fingerprint density at radius 2 is 1.41 bits per heavy atom. The zero-order valence-corrected chi connectivity index (χ0v) is 20.8. The number of fused-ring (bicyclic) bond motifs is 1. The first kappa shape index (κ1) is 25.5. The highest BCUT2D eigenvalue weighted by atomic mass is 35.5. The van der Waals surface area contributed by atoms with Gasteiger partial charge < -0.3 is 23.8 Å². The predicted molar refractivity (Wildman–Crippen MR) is 135 cm³/mol. The van der Waals surface area contributed by atoms with E-state index >= 15 is 0 Å². The van der Waals surface area contributed by atoms with Gasteiger partial charge in [-0.1, -0.05) is 30.3 Å². The minimum atomic E-state index is 0. The summed E-state index contributed by atoms with van der Waals surface area (Å²) in [6.45, 7) is 3.59. The van der Waals surface area contributed by atoms with Gasteiger partial charge in [0.2, 0.25) is 5.75 Å². The fourth-order valence-corrected chi connectivity index (χ4v) is 4.40. The van der Waals surface area contributed by atoms with Gasteiger partial charge in [-0.25, -0.2) is 0 Å². The van der Waals surface area contributed by atoms with Crippen LogP contribution in [0.3, 0.4) is 0 Å². The van der Waals surface area contributed by atoms with Gasteiger partial charge in [0, 0.05) is 38.1 Å². The number of halogens is 1. The van der Waals surface area contributed by atoms with Crippen LogP contribution in [0, 0.1) is 0 Å². The lowest BCUT2D eigenvalue weighted by atomic mass is 10.0. The van der Waals surface area contributed by atoms with Crippen molar-refractivity contribution in [2.24, 2.45) is 0 Å². The van der Waals surface area contributed by atoms with Gasteiger partial charge in [0.1, 0.15) is 5.75 Å². The van der Waals surface area contributed by atoms with Gasteiger partial charge in [-0.05, 0) is 29.1 Å². The highest BCUT2D eigenvalue weighted by Crippen LogP contribution is 2.38. The third-order valence-corrected chi connectivity index (χ3v) is 6.10. The standard InChI is InChI=1S/C26H30N2O5.ClH/c1-30-22-15-18(16-23(31-2)25(22)33-4)17-27-11-13-28(14-12-27)26(29)21-10-9-19-7-5-6-8-20(19)24(21)32-3;/h5-10,15-16H,11-14,17H2,1-4H3;1H. The van der Waals surface area contributed by atoms with E-state index in [0.29, 0.717) is 41.7 Å². The minimum absolute atomic E-state index is 0. The van der Waals surface area contributed by atoms with E-state index in [9.17, 15) is 4.79 Å². The Balaban J connectivity index is 0.00000324. The van der Waals surface area contributed by atoms with Crippen LogP contribution in [0.2, 0.25) is 0 Å². The normalized spacial score (nSPS) is 13.8. The molecule has 4 rings (SSSR count). The van der Waals surface area contributed by atoms with Gasteiger partial charge >= 0.3 is 0 Å². The largest absolute Gasteiger partial charge is 0.495 e. The van der Waals surface area contributed by atoms with Crippen LogP contribution in [0.15, 0.2) is 48.5 Å². The van der Waals surface area contributed by atoms with Crippen molar-refractivity contribution >= 4 is 29.1 Å². The van der Waals surface area contributed by atoms with Crippen molar-refractivity contribution in [3.8, 4) is 23.0 Å². The van der Waals surface area contributed by atoms with E-state index in [4.69, 9.17) is 18.9 Å². The van der Waals surface area contributed by atoms with E-state index in [-0.39, 0.29) is 18.3 Å². The maximum absolute atomic E-state index is 13.3. The Morgan fingerprint density at radius 1 is 0.794 bits per heavy atom. The molecule has 1 fully saturated rings. The highest BCUT2D eigenvalue weighted by Gasteiger charge is 2.25. The van der Waals surface area contributed by atoms with Crippen LogP contribution in [-0.4, -0.2) is 70.3 Å². The topological polar surface area (TPSA) is 60.5 Å². The maximum atomic E-state index is 13.3. The summed E-state index contributed by atoms with van der Waals surface area (Å²) in [6, 6.07) is 15.7. The number of carbonyl (C=O) groups excluding carboxylic acids is 1. The predicted octanol–water partition coefficient (Wildman–Crippen LogP) is 4.25. The molecule has 0 spiro atoms. The van der Waals surface area contributed by atoms with Crippen molar-refractivity contribution in [3.63, 3.8) is 0 Å². The second-order valence-electron chi connectivity index (χ2n) is 7.97. The Hall–Kier alpha value is -3.16. The van der Waals surface area contributed by atoms with Crippen molar-refractivity contribution in [2.75, 3.05) is 54.6 Å². The summed E-state index contributed by atoms with van der Waals surface area (Å²) in [4.78, 5) is 17.5. The molecule has 182 valence electrons. The maximum Gasteiger partial charge on any atom is 0.257 e. The number of ether oxygens (including phenoxy) is 4. The molecule has 3 aromatic rings. The summed E-state index contributed by atoms with van der Waals surface area (Å²) >= 11 is 0. The van der Waals surface area contributed by atoms with Crippen LogP contribution in [0.4, 0.5) is 0 Å². The van der Waals surface area contributed by atoms with Gasteiger partial charge in [0.25, 0.3) is 5.91 Å². The molecule has 0 N–H and O–H groups in total. The molecule has 8 heteroatoms. The number of piperazine rings is 1. The molecule has 1 heterocycles. The van der Waals surface area contributed by atoms with Crippen LogP contribution in [-0.2, 0) is 6.54 Å². The molecular formula is C26H31ClN2O5. The molecule has 0 bridgehead atoms. The van der Waals surface area contributed by atoms with E-state index in [0.717, 1.165) is 36.0 Å². The van der Waals surface area contributed by atoms with Crippen LogP contribution in [0.5, 0.6) is 23.0 Å². The molecule has 0 atom stereocenters. The van der Waals surface area contributed by atoms with Gasteiger partial charge in [0.05, 0.1) is 34.0 Å². The lowest BCUT2D eigenvalue weighted by Gasteiger charge is -2.35. The number of rotatable bonds is 7. The molecule has 7 nitrogen and oxygen atoms in total. The number of amides is 1. The Morgan fingerprint density at radius 3 is 2.00 bits per heavy atom. The SMILES string of the molecule is COc1cc(CN2CCN(C(=O)c3ccc4ccccc4c3OC)CC2)cc(OC)c1OC.Cl. The Labute approximate surface area is 206 Å². The lowest BCUT2D eigenvalue weighted by molar-refractivity contribution is 0.0625. The van der Waals surface area contributed by atoms with Crippen LogP contribution in [0.1, 0.15) is 15.9 Å². The smallest absolute Gasteiger partial charge is 0.257 e. The molecule has 0 saturated carbocycles. The number of carbonyl (C=O) groups is 1. The summed E-state index contributed by atoms with van der Waals surface area (Å²) in [7, 11) is 6.45. The van der Waals surface area contributed by atoms with Crippen molar-refractivity contribution in [1.29, 1.82) is 0 Å². The first-order valence-corrected chi connectivity index (χ1v) is 11.0. The Bertz CT molecular complexity index is 1120. The van der Waals surface area contributed by atoms with Crippen molar-refractivity contribution < 1.29 is 23.7 Å². The third-order valence-electron chi connectivity index (χ3n) is 6.10. The van der Waals surface area contributed by atoms with E-state index in [1.807, 2.05) is 53.4 Å². The number of hydrogen-bond acceptors (Lipinski definition) is 6. The molecule has 0 unspecified atom stereocenters. The zero-order valence-electron chi connectivity index (χ0n) is 20.0. The molecule has 0 aliphatic carbocycles. The molecular weight excluding hydrogens is 456 g/mol. The molecule has 1 aliphatic heterocycles. The van der Waals surface area contributed by atoms with Crippen LogP contribution in [0.25, 0.3) is 10.8 Å². The highest BCUT2D eigenvalue weighted by molar-refractivity contribution is 6.03. The molecule has 1 amide bonds. The van der Waals surface area contributed by atoms with Crippen molar-refractivity contribution in [2.45, 2.75) is 6.54 Å². The summed E-state index contributed by atoms with van der Waals surface area (Å²) in [5.74, 6) is 2.51. The van der Waals surface area contributed by atoms with E-state index in [1.165, 1.54) is 0 Å². The van der Waals surface area contributed by atoms with E-state index in [2.05, 4.69) is 4.90 Å². The third kappa shape index (κ3) is 5.00. The first-order chi connectivity index (χ1) is 16.1. The average Bonchev–Trinajstić information content (AvgIpc) is 2.87. The number of nitrogens with zero attached hydrogens (tertiary/aromatic N) is 2. The second kappa shape index (κ2) is 11.3. The van der Waals surface area contributed by atoms with E-state index < -0.39 is 0 Å². The zero-order chi connectivity index (χ0) is 23.4. The molecule has 3 aromatic carbocycles. The molecule has 34 heavy (non-hydrogen) atoms. The molecule has 0 radical (unpaired) electrons. The lowest BCUT2D eigenvalue weighted by Crippen LogP contribution is -2.48. The van der Waals surface area contributed by atoms with Crippen molar-refractivity contribution in [3.05, 3.63) is 59.7 Å². The monoisotopic (exact) mass is 486 g/mol. The van der Waals surface area contributed by atoms with Gasteiger partial charge in [-0.2, -0.15) is 0 Å². The summed E-state index contributed by atoms with van der Waals surface area (Å²) < 4.78 is 22.0. The van der Waals surface area contributed by atoms with Crippen LogP contribution < -0.4 is 18.9 Å². The van der Waals surface area contributed by atoms with Gasteiger partial charge in [-0.3, -0.25) is 9.69 Å². The molecule has 1 aliphatic rings. The Kier molecular flexibility index (Phi) is 8.47. The first-order valence-electron chi connectivity index (χ1n) is 11.0. The summed E-state index contributed by atoms with van der Waals surface area (Å²) in [5, 5.41) is 2.01. The summed E-state index contributed by atoms with van der Waals surface area (Å²) in [6.07, 6.45) is 0. The van der Waals surface area contributed by atoms with Crippen LogP contribution >= 0.6 is 12.4 Å². The van der Waals surface area contributed by atoms with Gasteiger partial charge in [-0.15, -0.1) is 12.4 Å².